The zero-order valence-corrected chi connectivity index (χ0v) is 10.8. The second-order valence-electron chi connectivity index (χ2n) is 5.73. The van der Waals surface area contributed by atoms with Gasteiger partial charge in [0.1, 0.15) is 0 Å². The van der Waals surface area contributed by atoms with Gasteiger partial charge in [-0.15, -0.1) is 0 Å². The molecule has 0 aromatic heterocycles. The van der Waals surface area contributed by atoms with Crippen LogP contribution in [0.2, 0.25) is 0 Å². The number of nitrogens with zero attached hydrogens (tertiary/aromatic N) is 2. The SMILES string of the molecule is CC1CN=C(NCC2CCCCN2C2CC2)N1. The van der Waals surface area contributed by atoms with E-state index in [1.807, 2.05) is 0 Å². The van der Waals surface area contributed by atoms with Gasteiger partial charge in [0, 0.05) is 24.7 Å². The first-order valence-electron chi connectivity index (χ1n) is 7.13. The first-order chi connectivity index (χ1) is 8.33. The standard InChI is InChI=1S/C13H24N4/c1-10-8-14-13(16-10)15-9-12-4-2-3-7-17(12)11-5-6-11/h10-12H,2-9H2,1H3,(H2,14,15,16). The van der Waals surface area contributed by atoms with Gasteiger partial charge in [-0.1, -0.05) is 6.42 Å². The lowest BCUT2D eigenvalue weighted by atomic mass is 10.0. The van der Waals surface area contributed by atoms with Crippen molar-refractivity contribution in [1.29, 1.82) is 0 Å². The van der Waals surface area contributed by atoms with Crippen molar-refractivity contribution in [2.45, 2.75) is 57.2 Å². The Hall–Kier alpha value is -0.770. The van der Waals surface area contributed by atoms with Crippen molar-refractivity contribution in [3.63, 3.8) is 0 Å². The molecule has 96 valence electrons. The van der Waals surface area contributed by atoms with Crippen LogP contribution in [0.3, 0.4) is 0 Å². The first-order valence-corrected chi connectivity index (χ1v) is 7.13. The molecule has 17 heavy (non-hydrogen) atoms. The maximum atomic E-state index is 4.46. The molecule has 4 nitrogen and oxygen atoms in total. The average molecular weight is 236 g/mol. The van der Waals surface area contributed by atoms with Crippen LogP contribution in [0, 0.1) is 0 Å². The molecular weight excluding hydrogens is 212 g/mol. The third-order valence-corrected chi connectivity index (χ3v) is 4.10. The Morgan fingerprint density at radius 3 is 2.94 bits per heavy atom. The van der Waals surface area contributed by atoms with Crippen molar-refractivity contribution in [3.8, 4) is 0 Å². The molecule has 0 radical (unpaired) electrons. The lowest BCUT2D eigenvalue weighted by Crippen LogP contribution is -2.49. The van der Waals surface area contributed by atoms with E-state index in [0.29, 0.717) is 6.04 Å². The fourth-order valence-electron chi connectivity index (χ4n) is 3.00. The van der Waals surface area contributed by atoms with E-state index >= 15 is 0 Å². The lowest BCUT2D eigenvalue weighted by molar-refractivity contribution is 0.140. The zero-order valence-electron chi connectivity index (χ0n) is 10.8. The number of rotatable bonds is 3. The van der Waals surface area contributed by atoms with Gasteiger partial charge in [-0.05, 0) is 39.2 Å². The first kappa shape index (κ1) is 11.3. The highest BCUT2D eigenvalue weighted by Crippen LogP contribution is 2.32. The van der Waals surface area contributed by atoms with E-state index in [9.17, 15) is 0 Å². The van der Waals surface area contributed by atoms with E-state index in [1.54, 1.807) is 0 Å². The van der Waals surface area contributed by atoms with Crippen molar-refractivity contribution >= 4 is 5.96 Å². The monoisotopic (exact) mass is 236 g/mol. The van der Waals surface area contributed by atoms with Crippen LogP contribution in [0.25, 0.3) is 0 Å². The molecule has 0 aromatic carbocycles. The minimum Gasteiger partial charge on any atom is -0.355 e. The molecule has 2 atom stereocenters. The van der Waals surface area contributed by atoms with Gasteiger partial charge in [0.05, 0.1) is 6.54 Å². The molecule has 3 aliphatic rings. The van der Waals surface area contributed by atoms with Crippen molar-refractivity contribution in [3.05, 3.63) is 0 Å². The summed E-state index contributed by atoms with van der Waals surface area (Å²) in [6.07, 6.45) is 6.99. The van der Waals surface area contributed by atoms with E-state index in [2.05, 4.69) is 27.4 Å². The van der Waals surface area contributed by atoms with Gasteiger partial charge in [0.15, 0.2) is 5.96 Å². The fraction of sp³-hybridized carbons (Fsp3) is 0.923. The summed E-state index contributed by atoms with van der Waals surface area (Å²) in [5.74, 6) is 1.01. The van der Waals surface area contributed by atoms with E-state index in [4.69, 9.17) is 0 Å². The number of likely N-dealkylation sites (tertiary alicyclic amines) is 1. The molecule has 4 heteroatoms. The molecule has 0 spiro atoms. The molecule has 0 aromatic rings. The van der Waals surface area contributed by atoms with E-state index < -0.39 is 0 Å². The minimum atomic E-state index is 0.503. The summed E-state index contributed by atoms with van der Waals surface area (Å²) in [5.41, 5.74) is 0. The molecular formula is C13H24N4. The number of hydrogen-bond acceptors (Lipinski definition) is 4. The van der Waals surface area contributed by atoms with Crippen LogP contribution in [-0.4, -0.2) is 48.6 Å². The average Bonchev–Trinajstić information content (AvgIpc) is 3.11. The van der Waals surface area contributed by atoms with Crippen molar-refractivity contribution in [1.82, 2.24) is 15.5 Å². The van der Waals surface area contributed by atoms with E-state index in [-0.39, 0.29) is 0 Å². The van der Waals surface area contributed by atoms with Gasteiger partial charge in [-0.3, -0.25) is 9.89 Å². The Morgan fingerprint density at radius 1 is 1.35 bits per heavy atom. The molecule has 3 rings (SSSR count). The second-order valence-corrected chi connectivity index (χ2v) is 5.73. The quantitative estimate of drug-likeness (QED) is 0.766. The molecule has 1 saturated heterocycles. The largest absolute Gasteiger partial charge is 0.355 e. The van der Waals surface area contributed by atoms with Gasteiger partial charge in [-0.2, -0.15) is 0 Å². The minimum absolute atomic E-state index is 0.503. The number of aliphatic imine (C=N–C) groups is 1. The van der Waals surface area contributed by atoms with Gasteiger partial charge in [-0.25, -0.2) is 0 Å². The molecule has 2 N–H and O–H groups in total. The maximum absolute atomic E-state index is 4.46. The van der Waals surface area contributed by atoms with Crippen LogP contribution < -0.4 is 10.6 Å². The number of hydrogen-bond donors (Lipinski definition) is 2. The molecule has 2 fully saturated rings. The molecule has 1 saturated carbocycles. The molecule has 2 unspecified atom stereocenters. The highest BCUT2D eigenvalue weighted by atomic mass is 15.3. The summed E-state index contributed by atoms with van der Waals surface area (Å²) >= 11 is 0. The van der Waals surface area contributed by atoms with Gasteiger partial charge < -0.3 is 10.6 Å². The van der Waals surface area contributed by atoms with Crippen LogP contribution in [0.4, 0.5) is 0 Å². The second kappa shape index (κ2) is 4.84. The van der Waals surface area contributed by atoms with Gasteiger partial charge in [0.25, 0.3) is 0 Å². The summed E-state index contributed by atoms with van der Waals surface area (Å²) in [5, 5.41) is 6.87. The Balaban J connectivity index is 1.49. The fourth-order valence-corrected chi connectivity index (χ4v) is 3.00. The summed E-state index contributed by atoms with van der Waals surface area (Å²) < 4.78 is 0. The Kier molecular flexibility index (Phi) is 3.23. The van der Waals surface area contributed by atoms with Crippen molar-refractivity contribution in [2.75, 3.05) is 19.6 Å². The topological polar surface area (TPSA) is 39.7 Å². The number of nitrogens with one attached hydrogen (secondary N) is 2. The van der Waals surface area contributed by atoms with E-state index in [0.717, 1.165) is 31.1 Å². The van der Waals surface area contributed by atoms with Crippen molar-refractivity contribution < 1.29 is 0 Å². The van der Waals surface area contributed by atoms with Crippen LogP contribution in [0.5, 0.6) is 0 Å². The predicted molar refractivity (Wildman–Crippen MR) is 70.3 cm³/mol. The van der Waals surface area contributed by atoms with Crippen LogP contribution >= 0.6 is 0 Å². The van der Waals surface area contributed by atoms with Crippen LogP contribution in [0.15, 0.2) is 4.99 Å². The van der Waals surface area contributed by atoms with Crippen LogP contribution in [-0.2, 0) is 0 Å². The van der Waals surface area contributed by atoms with E-state index in [1.165, 1.54) is 38.6 Å². The predicted octanol–water partition coefficient (Wildman–Crippen LogP) is 0.941. The summed E-state index contributed by atoms with van der Waals surface area (Å²) in [6.45, 7) is 5.47. The number of guanidine groups is 1. The Morgan fingerprint density at radius 2 is 2.24 bits per heavy atom. The smallest absolute Gasteiger partial charge is 0.191 e. The van der Waals surface area contributed by atoms with Gasteiger partial charge in [0.2, 0.25) is 0 Å². The summed E-state index contributed by atoms with van der Waals surface area (Å²) in [6, 6.07) is 2.14. The number of piperidine rings is 1. The highest BCUT2D eigenvalue weighted by Gasteiger charge is 2.35. The molecule has 1 aliphatic carbocycles. The zero-order chi connectivity index (χ0) is 11.7. The molecule has 2 aliphatic heterocycles. The highest BCUT2D eigenvalue weighted by molar-refractivity contribution is 5.81. The van der Waals surface area contributed by atoms with Crippen LogP contribution in [0.1, 0.15) is 39.0 Å². The van der Waals surface area contributed by atoms with Gasteiger partial charge >= 0.3 is 0 Å². The molecule has 0 amide bonds. The lowest BCUT2D eigenvalue weighted by Gasteiger charge is -2.36. The molecule has 0 bridgehead atoms. The van der Waals surface area contributed by atoms with Crippen molar-refractivity contribution in [2.24, 2.45) is 4.99 Å². The molecule has 2 heterocycles. The Labute approximate surface area is 104 Å². The third kappa shape index (κ3) is 2.73. The maximum Gasteiger partial charge on any atom is 0.191 e. The normalized spacial score (nSPS) is 34.3. The Bertz CT molecular complexity index is 298. The third-order valence-electron chi connectivity index (χ3n) is 4.10. The summed E-state index contributed by atoms with van der Waals surface area (Å²) in [4.78, 5) is 7.19. The summed E-state index contributed by atoms with van der Waals surface area (Å²) in [7, 11) is 0.